The molecule has 0 atom stereocenters. The average Bonchev–Trinajstić information content (AvgIpc) is 2.02. The maximum Gasteiger partial charge on any atom is 0.214 e. The Morgan fingerprint density at radius 2 is 2.00 bits per heavy atom. The highest BCUT2D eigenvalue weighted by Gasteiger charge is 2.36. The lowest BCUT2D eigenvalue weighted by Crippen LogP contribution is -2.51. The van der Waals surface area contributed by atoms with Crippen LogP contribution in [0.25, 0.3) is 0 Å². The number of nitrogens with zero attached hydrogens (tertiary/aromatic N) is 1. The number of hydrogen-bond donors (Lipinski definition) is 1. The zero-order valence-corrected chi connectivity index (χ0v) is 9.81. The molecule has 0 saturated carbocycles. The van der Waals surface area contributed by atoms with Crippen LogP contribution in [0, 0.1) is 0 Å². The molecule has 0 spiro atoms. The minimum absolute atomic E-state index is 0.293. The molecule has 0 aromatic rings. The molecular weight excluding hydrogens is 200 g/mol. The van der Waals surface area contributed by atoms with Gasteiger partial charge in [-0.15, -0.1) is 0 Å². The van der Waals surface area contributed by atoms with Crippen LogP contribution in [0.15, 0.2) is 0 Å². The van der Waals surface area contributed by atoms with Gasteiger partial charge in [-0.25, -0.2) is 8.42 Å². The van der Waals surface area contributed by atoms with Gasteiger partial charge in [0, 0.05) is 12.1 Å². The van der Waals surface area contributed by atoms with E-state index >= 15 is 0 Å². The molecular formula is C9H20N2O2S. The van der Waals surface area contributed by atoms with E-state index in [-0.39, 0.29) is 5.54 Å². The van der Waals surface area contributed by atoms with E-state index < -0.39 is 10.0 Å². The number of hydrogen-bond acceptors (Lipinski definition) is 3. The van der Waals surface area contributed by atoms with E-state index in [1.807, 2.05) is 13.8 Å². The summed E-state index contributed by atoms with van der Waals surface area (Å²) >= 11 is 0. The quantitative estimate of drug-likeness (QED) is 0.755. The average molecular weight is 220 g/mol. The number of rotatable bonds is 3. The third kappa shape index (κ3) is 2.46. The van der Waals surface area contributed by atoms with Gasteiger partial charge in [0.2, 0.25) is 10.0 Å². The van der Waals surface area contributed by atoms with E-state index in [0.717, 1.165) is 12.8 Å². The SMILES string of the molecule is CC(C)(CCN)N1CCCCS1(=O)=O. The Kier molecular flexibility index (Phi) is 3.55. The van der Waals surface area contributed by atoms with E-state index in [2.05, 4.69) is 0 Å². The third-order valence-electron chi connectivity index (χ3n) is 2.78. The Morgan fingerprint density at radius 1 is 1.36 bits per heavy atom. The maximum absolute atomic E-state index is 11.8. The summed E-state index contributed by atoms with van der Waals surface area (Å²) in [6, 6.07) is 0. The van der Waals surface area contributed by atoms with Crippen LogP contribution in [0.2, 0.25) is 0 Å². The van der Waals surface area contributed by atoms with Crippen molar-refractivity contribution < 1.29 is 8.42 Å². The van der Waals surface area contributed by atoms with Crippen molar-refractivity contribution in [3.05, 3.63) is 0 Å². The number of nitrogens with two attached hydrogens (primary N) is 1. The molecule has 0 aromatic carbocycles. The predicted molar refractivity (Wildman–Crippen MR) is 57.5 cm³/mol. The molecule has 0 radical (unpaired) electrons. The van der Waals surface area contributed by atoms with Crippen LogP contribution >= 0.6 is 0 Å². The molecule has 2 N–H and O–H groups in total. The lowest BCUT2D eigenvalue weighted by atomic mass is 10.0. The van der Waals surface area contributed by atoms with E-state index in [0.29, 0.717) is 25.3 Å². The molecule has 0 amide bonds. The van der Waals surface area contributed by atoms with E-state index in [4.69, 9.17) is 5.73 Å². The molecule has 0 aliphatic carbocycles. The largest absolute Gasteiger partial charge is 0.330 e. The normalized spacial score (nSPS) is 23.6. The monoisotopic (exact) mass is 220 g/mol. The van der Waals surface area contributed by atoms with Gasteiger partial charge < -0.3 is 5.73 Å². The zero-order chi connectivity index (χ0) is 10.8. The maximum atomic E-state index is 11.8. The molecule has 0 unspecified atom stereocenters. The topological polar surface area (TPSA) is 63.4 Å². The standard InChI is InChI=1S/C9H20N2O2S/c1-9(2,5-6-10)11-7-3-4-8-14(11,12)13/h3-8,10H2,1-2H3. The molecule has 0 bridgehead atoms. The Balaban J connectivity index is 2.84. The van der Waals surface area contributed by atoms with E-state index in [1.54, 1.807) is 4.31 Å². The van der Waals surface area contributed by atoms with Gasteiger partial charge in [-0.1, -0.05) is 0 Å². The van der Waals surface area contributed by atoms with Crippen molar-refractivity contribution >= 4 is 10.0 Å². The fourth-order valence-electron chi connectivity index (χ4n) is 1.95. The summed E-state index contributed by atoms with van der Waals surface area (Å²) in [5, 5.41) is 0. The van der Waals surface area contributed by atoms with Gasteiger partial charge in [-0.05, 0) is 39.7 Å². The van der Waals surface area contributed by atoms with Crippen LogP contribution < -0.4 is 5.73 Å². The van der Waals surface area contributed by atoms with Crippen LogP contribution in [0.4, 0.5) is 0 Å². The third-order valence-corrected chi connectivity index (χ3v) is 4.93. The van der Waals surface area contributed by atoms with Gasteiger partial charge in [-0.3, -0.25) is 0 Å². The van der Waals surface area contributed by atoms with Crippen molar-refractivity contribution in [3.8, 4) is 0 Å². The minimum Gasteiger partial charge on any atom is -0.330 e. The summed E-state index contributed by atoms with van der Waals surface area (Å²) in [5.74, 6) is 0.293. The van der Waals surface area contributed by atoms with Crippen LogP contribution in [-0.4, -0.2) is 37.1 Å². The van der Waals surface area contributed by atoms with E-state index in [1.165, 1.54) is 0 Å². The highest BCUT2D eigenvalue weighted by Crippen LogP contribution is 2.26. The van der Waals surface area contributed by atoms with Crippen molar-refractivity contribution in [2.45, 2.75) is 38.6 Å². The second kappa shape index (κ2) is 4.16. The second-order valence-electron chi connectivity index (χ2n) is 4.45. The second-order valence-corrected chi connectivity index (χ2v) is 6.46. The van der Waals surface area contributed by atoms with Gasteiger partial charge in [0.1, 0.15) is 0 Å². The molecule has 1 fully saturated rings. The smallest absolute Gasteiger partial charge is 0.214 e. The summed E-state index contributed by atoms with van der Waals surface area (Å²) < 4.78 is 25.2. The number of sulfonamides is 1. The van der Waals surface area contributed by atoms with Gasteiger partial charge in [0.15, 0.2) is 0 Å². The van der Waals surface area contributed by atoms with Crippen LogP contribution in [0.3, 0.4) is 0 Å². The molecule has 84 valence electrons. The van der Waals surface area contributed by atoms with E-state index in [9.17, 15) is 8.42 Å². The predicted octanol–water partition coefficient (Wildman–Crippen LogP) is 0.539. The fraction of sp³-hybridized carbons (Fsp3) is 1.00. The highest BCUT2D eigenvalue weighted by molar-refractivity contribution is 7.89. The van der Waals surface area contributed by atoms with Crippen LogP contribution in [-0.2, 0) is 10.0 Å². The van der Waals surface area contributed by atoms with Gasteiger partial charge >= 0.3 is 0 Å². The molecule has 1 saturated heterocycles. The van der Waals surface area contributed by atoms with Gasteiger partial charge in [-0.2, -0.15) is 4.31 Å². The van der Waals surface area contributed by atoms with Gasteiger partial charge in [0.05, 0.1) is 5.75 Å². The summed E-state index contributed by atoms with van der Waals surface area (Å²) in [6.07, 6.45) is 2.47. The van der Waals surface area contributed by atoms with Crippen molar-refractivity contribution in [2.75, 3.05) is 18.8 Å². The lowest BCUT2D eigenvalue weighted by Gasteiger charge is -2.39. The Labute approximate surface area is 86.5 Å². The molecule has 1 aliphatic rings. The molecule has 1 aliphatic heterocycles. The Hall–Kier alpha value is -0.130. The lowest BCUT2D eigenvalue weighted by molar-refractivity contribution is 0.205. The molecule has 0 aromatic heterocycles. The van der Waals surface area contributed by atoms with Crippen molar-refractivity contribution in [1.29, 1.82) is 0 Å². The van der Waals surface area contributed by atoms with Crippen LogP contribution in [0.5, 0.6) is 0 Å². The summed E-state index contributed by atoms with van der Waals surface area (Å²) in [7, 11) is -3.03. The first-order valence-corrected chi connectivity index (χ1v) is 6.72. The van der Waals surface area contributed by atoms with Crippen molar-refractivity contribution in [3.63, 3.8) is 0 Å². The molecule has 1 rings (SSSR count). The minimum atomic E-state index is -3.03. The van der Waals surface area contributed by atoms with Crippen molar-refractivity contribution in [2.24, 2.45) is 5.73 Å². The first-order chi connectivity index (χ1) is 6.40. The Morgan fingerprint density at radius 3 is 2.50 bits per heavy atom. The fourth-order valence-corrected chi connectivity index (χ4v) is 3.99. The first-order valence-electron chi connectivity index (χ1n) is 5.11. The molecule has 14 heavy (non-hydrogen) atoms. The Bertz CT molecular complexity index is 285. The molecule has 1 heterocycles. The van der Waals surface area contributed by atoms with Crippen LogP contribution in [0.1, 0.15) is 33.1 Å². The first kappa shape index (κ1) is 11.9. The van der Waals surface area contributed by atoms with Crippen molar-refractivity contribution in [1.82, 2.24) is 4.31 Å². The summed E-state index contributed by atoms with van der Waals surface area (Å²) in [5.41, 5.74) is 5.16. The molecule has 4 nitrogen and oxygen atoms in total. The summed E-state index contributed by atoms with van der Waals surface area (Å²) in [4.78, 5) is 0. The zero-order valence-electron chi connectivity index (χ0n) is 8.99. The van der Waals surface area contributed by atoms with Gasteiger partial charge in [0.25, 0.3) is 0 Å². The molecule has 5 heteroatoms. The summed E-state index contributed by atoms with van der Waals surface area (Å²) in [6.45, 7) is 5.07. The highest BCUT2D eigenvalue weighted by atomic mass is 32.2.